The number of hydrogen-bond donors (Lipinski definition) is 4. The Balaban J connectivity index is -0.000000304. The van der Waals surface area contributed by atoms with Crippen LogP contribution in [0.3, 0.4) is 0 Å². The van der Waals surface area contributed by atoms with Gasteiger partial charge in [0.25, 0.3) is 10.1 Å². The average molecular weight is 582 g/mol. The van der Waals surface area contributed by atoms with Gasteiger partial charge in [-0.15, -0.1) is 0 Å². The van der Waals surface area contributed by atoms with E-state index in [-0.39, 0.29) is 75.0 Å². The predicted molar refractivity (Wildman–Crippen MR) is 139 cm³/mol. The van der Waals surface area contributed by atoms with E-state index in [1.165, 1.54) is 0 Å². The van der Waals surface area contributed by atoms with Crippen LogP contribution in [0.4, 0.5) is 0 Å². The van der Waals surface area contributed by atoms with Crippen LogP contribution < -0.4 is 35.7 Å². The topological polar surface area (TPSA) is 217 Å². The molecule has 6 N–H and O–H groups in total. The van der Waals surface area contributed by atoms with Crippen LogP contribution in [0.25, 0.3) is 0 Å². The standard InChI is InChI=1S/C20H38O7S.C4H6O4.H3N.Na.H/c1-5-9-11-16(7-3)14-26-19(21)13-18(28(23,24)25)20(22)27-15-17(8-4)12-10-6-2;5-3(6)1-2-4(7)8;;;/h16-18H,5-15H2,1-4H3,(H,23,24,25);1-2H2,(H,5,6)(H,7,8);1H3;;/q;;;+1;-1. The van der Waals surface area contributed by atoms with Crippen LogP contribution in [-0.4, -0.2) is 65.5 Å². The Morgan fingerprint density at radius 3 is 1.50 bits per heavy atom. The molecule has 12 nitrogen and oxygen atoms in total. The smallest absolute Gasteiger partial charge is 1.00 e. The van der Waals surface area contributed by atoms with Crippen LogP contribution in [0.5, 0.6) is 0 Å². The molecule has 0 saturated heterocycles. The Morgan fingerprint density at radius 2 is 1.18 bits per heavy atom. The second-order valence-electron chi connectivity index (χ2n) is 8.64. The SMILES string of the molecule is CCCCC(CC)COC(=O)CC(C(=O)OCC(CC)CCCC)S(=O)(=O)O.N.O=C(O)CCC(=O)O.[H-].[Na+]. The van der Waals surface area contributed by atoms with Crippen molar-refractivity contribution in [3.05, 3.63) is 0 Å². The summed E-state index contributed by atoms with van der Waals surface area (Å²) in [5.41, 5.74) is 0. The largest absolute Gasteiger partial charge is 1.00 e. The maximum Gasteiger partial charge on any atom is 1.00 e. The minimum absolute atomic E-state index is 0. The van der Waals surface area contributed by atoms with Crippen molar-refractivity contribution in [2.75, 3.05) is 13.2 Å². The molecule has 0 aliphatic rings. The van der Waals surface area contributed by atoms with Gasteiger partial charge in [0, 0.05) is 0 Å². The zero-order valence-electron chi connectivity index (χ0n) is 24.6. The van der Waals surface area contributed by atoms with Gasteiger partial charge in [-0.1, -0.05) is 66.2 Å². The second kappa shape index (κ2) is 26.0. The molecule has 0 saturated carbocycles. The summed E-state index contributed by atoms with van der Waals surface area (Å²) >= 11 is 0. The molecule has 0 amide bonds. The van der Waals surface area contributed by atoms with Gasteiger partial charge in [0.05, 0.1) is 32.5 Å². The maximum atomic E-state index is 12.2. The van der Waals surface area contributed by atoms with E-state index in [1.54, 1.807) is 0 Å². The van der Waals surface area contributed by atoms with Crippen molar-refractivity contribution in [2.45, 2.75) is 104 Å². The molecule has 222 valence electrons. The zero-order chi connectivity index (χ0) is 28.1. The molecule has 0 radical (unpaired) electrons. The molecule has 3 unspecified atom stereocenters. The maximum absolute atomic E-state index is 12.2. The summed E-state index contributed by atoms with van der Waals surface area (Å²) in [6.07, 6.45) is 6.15. The summed E-state index contributed by atoms with van der Waals surface area (Å²) in [4.78, 5) is 43.5. The van der Waals surface area contributed by atoms with Crippen LogP contribution in [-0.2, 0) is 38.8 Å². The molecule has 0 rings (SSSR count). The van der Waals surface area contributed by atoms with Crippen LogP contribution >= 0.6 is 0 Å². The first-order valence-corrected chi connectivity index (χ1v) is 14.0. The number of carbonyl (C=O) groups excluding carboxylic acids is 2. The fourth-order valence-electron chi connectivity index (χ4n) is 3.03. The molecular weight excluding hydrogens is 533 g/mol. The monoisotopic (exact) mass is 581 g/mol. The van der Waals surface area contributed by atoms with Crippen molar-refractivity contribution in [3.8, 4) is 0 Å². The Kier molecular flexibility index (Phi) is 30.0. The Morgan fingerprint density at radius 1 is 0.789 bits per heavy atom. The molecule has 0 spiro atoms. The Hall–Kier alpha value is -1.25. The first-order valence-electron chi connectivity index (χ1n) is 12.5. The number of carboxylic acids is 2. The molecule has 0 heterocycles. The van der Waals surface area contributed by atoms with Gasteiger partial charge < -0.3 is 27.3 Å². The van der Waals surface area contributed by atoms with E-state index in [9.17, 15) is 32.1 Å². The fourth-order valence-corrected chi connectivity index (χ4v) is 3.69. The third kappa shape index (κ3) is 25.1. The van der Waals surface area contributed by atoms with Gasteiger partial charge in [-0.3, -0.25) is 23.7 Å². The molecule has 0 bridgehead atoms. The molecule has 0 aromatic heterocycles. The zero-order valence-corrected chi connectivity index (χ0v) is 26.5. The van der Waals surface area contributed by atoms with E-state index in [2.05, 4.69) is 13.8 Å². The summed E-state index contributed by atoms with van der Waals surface area (Å²) in [7, 11) is -4.76. The van der Waals surface area contributed by atoms with Crippen molar-refractivity contribution in [2.24, 2.45) is 11.8 Å². The van der Waals surface area contributed by atoms with E-state index < -0.39 is 45.7 Å². The Bertz CT molecular complexity index is 755. The number of esters is 2. The second-order valence-corrected chi connectivity index (χ2v) is 10.2. The van der Waals surface area contributed by atoms with E-state index in [0.717, 1.165) is 51.4 Å². The first kappa shape index (κ1) is 43.8. The van der Waals surface area contributed by atoms with Gasteiger partial charge in [-0.2, -0.15) is 8.42 Å². The minimum Gasteiger partial charge on any atom is -1.00 e. The van der Waals surface area contributed by atoms with E-state index in [4.69, 9.17) is 19.7 Å². The summed E-state index contributed by atoms with van der Waals surface area (Å²) in [5.74, 6) is -3.76. The molecule has 0 aliphatic carbocycles. The normalized spacial score (nSPS) is 12.8. The van der Waals surface area contributed by atoms with Crippen molar-refractivity contribution >= 4 is 34.0 Å². The van der Waals surface area contributed by atoms with Crippen molar-refractivity contribution in [1.82, 2.24) is 6.15 Å². The summed E-state index contributed by atoms with van der Waals surface area (Å²) in [6.45, 7) is 8.35. The third-order valence-corrected chi connectivity index (χ3v) is 6.63. The molecule has 0 aromatic rings. The molecule has 0 fully saturated rings. The number of ether oxygens (including phenoxy) is 2. The van der Waals surface area contributed by atoms with Crippen LogP contribution in [0.15, 0.2) is 0 Å². The molecule has 0 aromatic carbocycles. The minimum atomic E-state index is -4.76. The predicted octanol–water partition coefficient (Wildman–Crippen LogP) is 1.37. The first-order chi connectivity index (χ1) is 16.8. The van der Waals surface area contributed by atoms with E-state index in [0.29, 0.717) is 0 Å². The fraction of sp³-hybridized carbons (Fsp3) is 0.833. The number of carboxylic acid groups (broad SMARTS) is 2. The number of hydrogen-bond acceptors (Lipinski definition) is 9. The van der Waals surface area contributed by atoms with Crippen LogP contribution in [0, 0.1) is 11.8 Å². The van der Waals surface area contributed by atoms with Crippen molar-refractivity contribution in [1.29, 1.82) is 0 Å². The van der Waals surface area contributed by atoms with Crippen LogP contribution in [0.2, 0.25) is 0 Å². The van der Waals surface area contributed by atoms with Crippen LogP contribution in [0.1, 0.15) is 99.8 Å². The van der Waals surface area contributed by atoms with Gasteiger partial charge in [-0.25, -0.2) is 0 Å². The molecular formula is C24H48NNaO11S. The summed E-state index contributed by atoms with van der Waals surface area (Å²) in [5, 5.41) is 13.9. The van der Waals surface area contributed by atoms with Gasteiger partial charge in [0.15, 0.2) is 5.25 Å². The average Bonchev–Trinajstić information content (AvgIpc) is 2.81. The van der Waals surface area contributed by atoms with E-state index in [1.807, 2.05) is 13.8 Å². The summed E-state index contributed by atoms with van der Waals surface area (Å²) in [6, 6.07) is 0. The molecule has 3 atom stereocenters. The quantitative estimate of drug-likeness (QED) is 0.0966. The van der Waals surface area contributed by atoms with E-state index >= 15 is 0 Å². The number of aliphatic carboxylic acids is 2. The Labute approximate surface area is 250 Å². The van der Waals surface area contributed by atoms with Gasteiger partial charge in [-0.05, 0) is 24.7 Å². The third-order valence-electron chi connectivity index (χ3n) is 5.56. The number of carbonyl (C=O) groups is 4. The number of rotatable bonds is 19. The van der Waals surface area contributed by atoms with Crippen molar-refractivity contribution in [3.63, 3.8) is 0 Å². The summed E-state index contributed by atoms with van der Waals surface area (Å²) < 4.78 is 42.8. The van der Waals surface area contributed by atoms with Gasteiger partial charge >= 0.3 is 53.4 Å². The van der Waals surface area contributed by atoms with Crippen molar-refractivity contribution < 1.29 is 82.8 Å². The molecule has 14 heteroatoms. The van der Waals surface area contributed by atoms with Gasteiger partial charge in [0.2, 0.25) is 0 Å². The van der Waals surface area contributed by atoms with Gasteiger partial charge in [0.1, 0.15) is 0 Å². The molecule has 0 aliphatic heterocycles. The number of unbranched alkanes of at least 4 members (excludes halogenated alkanes) is 2. The molecule has 38 heavy (non-hydrogen) atoms.